The van der Waals surface area contributed by atoms with Crippen LogP contribution in [0.2, 0.25) is 0 Å². The highest BCUT2D eigenvalue weighted by atomic mass is 32.1. The fraction of sp³-hybridized carbons (Fsp3) is 0.667. The Bertz CT molecular complexity index is 209. The van der Waals surface area contributed by atoms with Crippen molar-refractivity contribution >= 4 is 11.3 Å². The Labute approximate surface area is 64.1 Å². The van der Waals surface area contributed by atoms with Crippen LogP contribution in [0.1, 0.15) is 24.8 Å². The van der Waals surface area contributed by atoms with Crippen molar-refractivity contribution in [2.75, 3.05) is 7.11 Å². The van der Waals surface area contributed by atoms with Gasteiger partial charge in [0, 0.05) is 5.92 Å². The third-order valence-corrected chi connectivity index (χ3v) is 2.28. The number of hydrogen-bond donors (Lipinski definition) is 0. The monoisotopic (exact) mass is 158 g/mol. The van der Waals surface area contributed by atoms with Crippen LogP contribution < -0.4 is 4.74 Å². The second-order valence-electron chi connectivity index (χ2n) is 2.27. The molecule has 0 aromatic carbocycles. The lowest BCUT2D eigenvalue weighted by Gasteiger charge is -1.92. The summed E-state index contributed by atoms with van der Waals surface area (Å²) < 4.78 is 4.89. The third-order valence-electron chi connectivity index (χ3n) is 1.09. The molecule has 0 aliphatic rings. The first-order valence-corrected chi connectivity index (χ1v) is 3.93. The predicted octanol–water partition coefficient (Wildman–Crippen LogP) is 1.67. The van der Waals surface area contributed by atoms with E-state index in [-0.39, 0.29) is 0 Å². The van der Waals surface area contributed by atoms with Gasteiger partial charge in [-0.15, -0.1) is 10.2 Å². The van der Waals surface area contributed by atoms with Crippen molar-refractivity contribution in [3.63, 3.8) is 0 Å². The SMILES string of the molecule is COc1nnc(C(C)C)s1. The molecule has 0 unspecified atom stereocenters. The molecule has 0 bridgehead atoms. The summed E-state index contributed by atoms with van der Waals surface area (Å²) >= 11 is 1.50. The number of hydrogen-bond acceptors (Lipinski definition) is 4. The standard InChI is InChI=1S/C6H10N2OS/c1-4(2)5-7-8-6(9-3)10-5/h4H,1-3H3. The number of ether oxygens (including phenoxy) is 1. The summed E-state index contributed by atoms with van der Waals surface area (Å²) in [5.74, 6) is 0.446. The maximum Gasteiger partial charge on any atom is 0.293 e. The van der Waals surface area contributed by atoms with Gasteiger partial charge in [0.1, 0.15) is 5.01 Å². The maximum absolute atomic E-state index is 4.89. The predicted molar refractivity (Wildman–Crippen MR) is 40.6 cm³/mol. The molecule has 1 heterocycles. The van der Waals surface area contributed by atoms with Crippen molar-refractivity contribution in [1.29, 1.82) is 0 Å². The number of rotatable bonds is 2. The van der Waals surface area contributed by atoms with Gasteiger partial charge < -0.3 is 4.74 Å². The molecule has 0 aliphatic heterocycles. The van der Waals surface area contributed by atoms with Crippen LogP contribution in [-0.2, 0) is 0 Å². The van der Waals surface area contributed by atoms with Gasteiger partial charge in [-0.05, 0) is 0 Å². The summed E-state index contributed by atoms with van der Waals surface area (Å²) in [7, 11) is 1.60. The fourth-order valence-corrected chi connectivity index (χ4v) is 1.20. The molecule has 0 fully saturated rings. The van der Waals surface area contributed by atoms with E-state index in [1.807, 2.05) is 0 Å². The highest BCUT2D eigenvalue weighted by Crippen LogP contribution is 2.23. The first-order chi connectivity index (χ1) is 4.74. The number of methoxy groups -OCH3 is 1. The fourth-order valence-electron chi connectivity index (χ4n) is 0.536. The summed E-state index contributed by atoms with van der Waals surface area (Å²) in [5.41, 5.74) is 0. The number of nitrogens with zero attached hydrogens (tertiary/aromatic N) is 2. The van der Waals surface area contributed by atoms with Crippen LogP contribution in [-0.4, -0.2) is 17.3 Å². The van der Waals surface area contributed by atoms with Gasteiger partial charge in [-0.3, -0.25) is 0 Å². The zero-order chi connectivity index (χ0) is 7.56. The van der Waals surface area contributed by atoms with Crippen LogP contribution in [0.3, 0.4) is 0 Å². The first kappa shape index (κ1) is 7.47. The Balaban J connectivity index is 2.78. The molecule has 0 N–H and O–H groups in total. The lowest BCUT2D eigenvalue weighted by atomic mass is 10.2. The molecule has 0 amide bonds. The largest absolute Gasteiger partial charge is 0.472 e. The lowest BCUT2D eigenvalue weighted by Crippen LogP contribution is -1.83. The van der Waals surface area contributed by atoms with Crippen LogP contribution in [0.4, 0.5) is 0 Å². The van der Waals surface area contributed by atoms with Crippen LogP contribution in [0.15, 0.2) is 0 Å². The molecule has 3 nitrogen and oxygen atoms in total. The minimum absolute atomic E-state index is 0.446. The molecular weight excluding hydrogens is 148 g/mol. The number of aromatic nitrogens is 2. The minimum Gasteiger partial charge on any atom is -0.472 e. The molecule has 0 saturated carbocycles. The van der Waals surface area contributed by atoms with E-state index in [9.17, 15) is 0 Å². The minimum atomic E-state index is 0.446. The Morgan fingerprint density at radius 1 is 1.40 bits per heavy atom. The maximum atomic E-state index is 4.89. The van der Waals surface area contributed by atoms with Crippen molar-refractivity contribution in [1.82, 2.24) is 10.2 Å². The molecule has 4 heteroatoms. The van der Waals surface area contributed by atoms with E-state index in [2.05, 4.69) is 24.0 Å². The van der Waals surface area contributed by atoms with Gasteiger partial charge in [0.25, 0.3) is 5.19 Å². The van der Waals surface area contributed by atoms with Crippen molar-refractivity contribution < 1.29 is 4.74 Å². The van der Waals surface area contributed by atoms with Crippen LogP contribution >= 0.6 is 11.3 Å². The second-order valence-corrected chi connectivity index (χ2v) is 3.24. The summed E-state index contributed by atoms with van der Waals surface area (Å²) in [4.78, 5) is 0. The zero-order valence-electron chi connectivity index (χ0n) is 6.29. The normalized spacial score (nSPS) is 10.4. The van der Waals surface area contributed by atoms with Gasteiger partial charge in [0.05, 0.1) is 7.11 Å². The molecule has 56 valence electrons. The van der Waals surface area contributed by atoms with Crippen LogP contribution in [0.5, 0.6) is 5.19 Å². The molecule has 0 atom stereocenters. The molecule has 0 saturated heterocycles. The van der Waals surface area contributed by atoms with Crippen molar-refractivity contribution in [3.05, 3.63) is 5.01 Å². The van der Waals surface area contributed by atoms with E-state index in [4.69, 9.17) is 4.74 Å². The smallest absolute Gasteiger partial charge is 0.293 e. The average molecular weight is 158 g/mol. The van der Waals surface area contributed by atoms with Gasteiger partial charge in [0.2, 0.25) is 0 Å². The van der Waals surface area contributed by atoms with Gasteiger partial charge in [-0.25, -0.2) is 0 Å². The lowest BCUT2D eigenvalue weighted by molar-refractivity contribution is 0.407. The highest BCUT2D eigenvalue weighted by molar-refractivity contribution is 7.13. The van der Waals surface area contributed by atoms with Gasteiger partial charge in [-0.2, -0.15) is 0 Å². The quantitative estimate of drug-likeness (QED) is 0.656. The summed E-state index contributed by atoms with van der Waals surface area (Å²) in [6.07, 6.45) is 0. The summed E-state index contributed by atoms with van der Waals surface area (Å²) in [5, 5.41) is 9.40. The van der Waals surface area contributed by atoms with Crippen LogP contribution in [0, 0.1) is 0 Å². The van der Waals surface area contributed by atoms with E-state index >= 15 is 0 Å². The van der Waals surface area contributed by atoms with Gasteiger partial charge in [0.15, 0.2) is 0 Å². The first-order valence-electron chi connectivity index (χ1n) is 3.11. The molecule has 1 aromatic rings. The van der Waals surface area contributed by atoms with Gasteiger partial charge >= 0.3 is 0 Å². The summed E-state index contributed by atoms with van der Waals surface area (Å²) in [6.45, 7) is 4.17. The highest BCUT2D eigenvalue weighted by Gasteiger charge is 2.06. The molecule has 1 aromatic heterocycles. The average Bonchev–Trinajstić information content (AvgIpc) is 2.34. The molecule has 0 spiro atoms. The van der Waals surface area contributed by atoms with Crippen LogP contribution in [0.25, 0.3) is 0 Å². The molecule has 0 aliphatic carbocycles. The summed E-state index contributed by atoms with van der Waals surface area (Å²) in [6, 6.07) is 0. The van der Waals surface area contributed by atoms with E-state index in [1.54, 1.807) is 7.11 Å². The van der Waals surface area contributed by atoms with E-state index in [0.717, 1.165) is 5.01 Å². The Kier molecular flexibility index (Phi) is 2.21. The molecule has 0 radical (unpaired) electrons. The molecular formula is C6H10N2OS. The van der Waals surface area contributed by atoms with E-state index < -0.39 is 0 Å². The zero-order valence-corrected chi connectivity index (χ0v) is 7.10. The molecule has 1 rings (SSSR count). The van der Waals surface area contributed by atoms with Crippen molar-refractivity contribution in [3.8, 4) is 5.19 Å². The van der Waals surface area contributed by atoms with Gasteiger partial charge in [-0.1, -0.05) is 25.2 Å². The second kappa shape index (κ2) is 2.96. The van der Waals surface area contributed by atoms with Crippen molar-refractivity contribution in [2.24, 2.45) is 0 Å². The third kappa shape index (κ3) is 1.44. The van der Waals surface area contributed by atoms with Crippen molar-refractivity contribution in [2.45, 2.75) is 19.8 Å². The van der Waals surface area contributed by atoms with E-state index in [0.29, 0.717) is 11.1 Å². The van der Waals surface area contributed by atoms with E-state index in [1.165, 1.54) is 11.3 Å². The Morgan fingerprint density at radius 3 is 2.40 bits per heavy atom. The molecule has 10 heavy (non-hydrogen) atoms. The topological polar surface area (TPSA) is 35.0 Å². The Morgan fingerprint density at radius 2 is 2.10 bits per heavy atom. The Hall–Kier alpha value is -0.640.